The summed E-state index contributed by atoms with van der Waals surface area (Å²) in [5, 5.41) is 4.23. The molecule has 1 saturated carbocycles. The highest BCUT2D eigenvalue weighted by molar-refractivity contribution is 5.85. The molecule has 0 radical (unpaired) electrons. The fraction of sp³-hybridized carbons (Fsp3) is 0.538. The Bertz CT molecular complexity index is 905. The van der Waals surface area contributed by atoms with Gasteiger partial charge < -0.3 is 14.0 Å². The van der Waals surface area contributed by atoms with Crippen molar-refractivity contribution >= 4 is 11.7 Å². The number of ether oxygens (including phenoxy) is 1. The molecule has 0 saturated heterocycles. The van der Waals surface area contributed by atoms with Crippen molar-refractivity contribution in [1.29, 1.82) is 0 Å². The number of hydrogen-bond acceptors (Lipinski definition) is 5. The van der Waals surface area contributed by atoms with Crippen LogP contribution in [-0.4, -0.2) is 18.3 Å². The second-order valence-electron chi connectivity index (χ2n) is 10.5. The molecule has 1 aromatic heterocycles. The first kappa shape index (κ1) is 23.1. The maximum atomic E-state index is 12.7. The predicted octanol–water partition coefficient (Wildman–Crippen LogP) is 6.01. The smallest absolute Gasteiger partial charge is 0.310 e. The van der Waals surface area contributed by atoms with Crippen molar-refractivity contribution in [3.63, 3.8) is 0 Å². The van der Waals surface area contributed by atoms with E-state index in [0.717, 1.165) is 29.9 Å². The van der Waals surface area contributed by atoms with E-state index in [9.17, 15) is 4.79 Å². The molecule has 1 aliphatic carbocycles. The molecule has 2 atom stereocenters. The number of furan rings is 1. The SMILES string of the molecule is CC(CC1C(C(=O)OCc2coc(Cc3ccccc3)c2)C1(C)C)=NOCC(C)(C)C. The van der Waals surface area contributed by atoms with Crippen LogP contribution in [0.1, 0.15) is 64.9 Å². The highest BCUT2D eigenvalue weighted by Gasteiger charge is 2.62. The molecular weight excluding hydrogens is 390 g/mol. The first-order chi connectivity index (χ1) is 14.6. The maximum Gasteiger partial charge on any atom is 0.310 e. The minimum atomic E-state index is -0.149. The van der Waals surface area contributed by atoms with Gasteiger partial charge >= 0.3 is 5.97 Å². The van der Waals surface area contributed by atoms with E-state index < -0.39 is 0 Å². The molecule has 31 heavy (non-hydrogen) atoms. The van der Waals surface area contributed by atoms with E-state index in [4.69, 9.17) is 14.0 Å². The lowest BCUT2D eigenvalue weighted by atomic mass is 9.99. The van der Waals surface area contributed by atoms with Crippen molar-refractivity contribution in [2.24, 2.45) is 27.8 Å². The minimum absolute atomic E-state index is 0.0724. The highest BCUT2D eigenvalue weighted by Crippen LogP contribution is 2.60. The van der Waals surface area contributed by atoms with Gasteiger partial charge in [0.2, 0.25) is 0 Å². The zero-order chi connectivity index (χ0) is 22.6. The molecule has 0 aliphatic heterocycles. The molecule has 0 spiro atoms. The molecule has 2 unspecified atom stereocenters. The van der Waals surface area contributed by atoms with Gasteiger partial charge in [0.05, 0.1) is 17.9 Å². The highest BCUT2D eigenvalue weighted by atomic mass is 16.6. The normalized spacial score (nSPS) is 20.4. The van der Waals surface area contributed by atoms with E-state index in [1.807, 2.05) is 31.2 Å². The number of oxime groups is 1. The summed E-state index contributed by atoms with van der Waals surface area (Å²) < 4.78 is 11.3. The van der Waals surface area contributed by atoms with Crippen LogP contribution in [0.25, 0.3) is 0 Å². The molecule has 5 heteroatoms. The van der Waals surface area contributed by atoms with Gasteiger partial charge in [-0.25, -0.2) is 0 Å². The standard InChI is InChI=1S/C26H35NO4/c1-18(27-31-17-25(2,3)4)12-22-23(26(22,5)6)24(28)30-16-20-14-21(29-15-20)13-19-10-8-7-9-11-19/h7-11,14-15,22-23H,12-13,16-17H2,1-6H3. The molecule has 0 N–H and O–H groups in total. The van der Waals surface area contributed by atoms with Crippen molar-refractivity contribution in [2.45, 2.75) is 61.0 Å². The molecule has 3 rings (SSSR count). The van der Waals surface area contributed by atoms with Gasteiger partial charge in [0.15, 0.2) is 0 Å². The van der Waals surface area contributed by atoms with E-state index in [2.05, 4.69) is 51.9 Å². The van der Waals surface area contributed by atoms with E-state index >= 15 is 0 Å². The quantitative estimate of drug-likeness (QED) is 0.280. The minimum Gasteiger partial charge on any atom is -0.469 e. The molecule has 0 amide bonds. The monoisotopic (exact) mass is 425 g/mol. The third-order valence-corrected chi connectivity index (χ3v) is 5.85. The average molecular weight is 426 g/mol. The lowest BCUT2D eigenvalue weighted by Crippen LogP contribution is -2.13. The second-order valence-corrected chi connectivity index (χ2v) is 10.5. The lowest BCUT2D eigenvalue weighted by molar-refractivity contribution is -0.147. The Morgan fingerprint density at radius 3 is 2.55 bits per heavy atom. The van der Waals surface area contributed by atoms with Crippen LogP contribution in [0.5, 0.6) is 0 Å². The Morgan fingerprint density at radius 2 is 1.87 bits per heavy atom. The molecule has 1 heterocycles. The molecule has 1 aromatic carbocycles. The van der Waals surface area contributed by atoms with Crippen LogP contribution < -0.4 is 0 Å². The molecule has 1 fully saturated rings. The van der Waals surface area contributed by atoms with Crippen molar-refractivity contribution in [1.82, 2.24) is 0 Å². The van der Waals surface area contributed by atoms with Crippen molar-refractivity contribution < 1.29 is 18.8 Å². The largest absolute Gasteiger partial charge is 0.469 e. The zero-order valence-corrected chi connectivity index (χ0v) is 19.6. The Balaban J connectivity index is 1.47. The number of rotatable bonds is 9. The van der Waals surface area contributed by atoms with Gasteiger partial charge in [-0.05, 0) is 41.7 Å². The zero-order valence-electron chi connectivity index (χ0n) is 19.6. The molecular formula is C26H35NO4. The summed E-state index contributed by atoms with van der Waals surface area (Å²) in [7, 11) is 0. The van der Waals surface area contributed by atoms with Crippen molar-refractivity contribution in [3.8, 4) is 0 Å². The molecule has 1 aliphatic rings. The Hall–Kier alpha value is -2.56. The summed E-state index contributed by atoms with van der Waals surface area (Å²) in [5.41, 5.74) is 2.96. The average Bonchev–Trinajstić information content (AvgIpc) is 3.00. The third kappa shape index (κ3) is 6.46. The fourth-order valence-corrected chi connectivity index (χ4v) is 3.92. The van der Waals surface area contributed by atoms with Crippen LogP contribution in [0.3, 0.4) is 0 Å². The third-order valence-electron chi connectivity index (χ3n) is 5.85. The summed E-state index contributed by atoms with van der Waals surface area (Å²) >= 11 is 0. The molecule has 0 bridgehead atoms. The number of esters is 1. The Morgan fingerprint density at radius 1 is 1.16 bits per heavy atom. The topological polar surface area (TPSA) is 61.0 Å². The van der Waals surface area contributed by atoms with E-state index in [-0.39, 0.29) is 35.2 Å². The summed E-state index contributed by atoms with van der Waals surface area (Å²) in [5.74, 6) is 0.823. The lowest BCUT2D eigenvalue weighted by Gasteiger charge is -2.15. The van der Waals surface area contributed by atoms with Gasteiger partial charge in [0.1, 0.15) is 19.0 Å². The van der Waals surface area contributed by atoms with Crippen molar-refractivity contribution in [2.75, 3.05) is 6.61 Å². The van der Waals surface area contributed by atoms with Gasteiger partial charge in [0.25, 0.3) is 0 Å². The van der Waals surface area contributed by atoms with Gasteiger partial charge in [-0.1, -0.05) is 70.1 Å². The van der Waals surface area contributed by atoms with Gasteiger partial charge in [0, 0.05) is 12.0 Å². The fourth-order valence-electron chi connectivity index (χ4n) is 3.92. The van der Waals surface area contributed by atoms with Crippen molar-refractivity contribution in [3.05, 3.63) is 59.5 Å². The van der Waals surface area contributed by atoms with Crippen LogP contribution >= 0.6 is 0 Å². The van der Waals surface area contributed by atoms with E-state index in [1.54, 1.807) is 6.26 Å². The Kier molecular flexibility index (Phi) is 6.93. The number of nitrogens with zero attached hydrogens (tertiary/aromatic N) is 1. The number of hydrogen-bond donors (Lipinski definition) is 0. The van der Waals surface area contributed by atoms with Crippen LogP contribution in [0.15, 0.2) is 52.2 Å². The van der Waals surface area contributed by atoms with Crippen LogP contribution in [0.4, 0.5) is 0 Å². The first-order valence-electron chi connectivity index (χ1n) is 11.0. The summed E-state index contributed by atoms with van der Waals surface area (Å²) in [6.45, 7) is 13.3. The summed E-state index contributed by atoms with van der Waals surface area (Å²) in [6.07, 6.45) is 3.14. The first-order valence-corrected chi connectivity index (χ1v) is 11.0. The number of benzene rings is 1. The molecule has 2 aromatic rings. The maximum absolute atomic E-state index is 12.7. The predicted molar refractivity (Wildman–Crippen MR) is 122 cm³/mol. The van der Waals surface area contributed by atoms with Gasteiger partial charge in [-0.2, -0.15) is 0 Å². The second kappa shape index (κ2) is 9.29. The van der Waals surface area contributed by atoms with E-state index in [1.165, 1.54) is 5.56 Å². The summed E-state index contributed by atoms with van der Waals surface area (Å²) in [6, 6.07) is 12.1. The van der Waals surface area contributed by atoms with Crippen LogP contribution in [0, 0.1) is 22.7 Å². The van der Waals surface area contributed by atoms with Crippen LogP contribution in [-0.2, 0) is 27.4 Å². The number of carbonyl (C=O) groups excluding carboxylic acids is 1. The Labute approximate surface area is 185 Å². The van der Waals surface area contributed by atoms with Gasteiger partial charge in [-0.3, -0.25) is 4.79 Å². The molecule has 5 nitrogen and oxygen atoms in total. The molecule has 168 valence electrons. The van der Waals surface area contributed by atoms with Crippen LogP contribution in [0.2, 0.25) is 0 Å². The van der Waals surface area contributed by atoms with Gasteiger partial charge in [-0.15, -0.1) is 0 Å². The van der Waals surface area contributed by atoms with E-state index in [0.29, 0.717) is 6.61 Å². The number of carbonyl (C=O) groups is 1. The summed E-state index contributed by atoms with van der Waals surface area (Å²) in [4.78, 5) is 18.2.